The predicted octanol–water partition coefficient (Wildman–Crippen LogP) is 3.95. The number of esters is 3. The molecule has 0 radical (unpaired) electrons. The van der Waals surface area contributed by atoms with Gasteiger partial charge in [-0.2, -0.15) is 0 Å². The van der Waals surface area contributed by atoms with Crippen LogP contribution in [0.25, 0.3) is 0 Å². The second-order valence-electron chi connectivity index (χ2n) is 11.5. The summed E-state index contributed by atoms with van der Waals surface area (Å²) in [7, 11) is -2.32. The number of nitrogens with one attached hydrogen (secondary N) is 1. The number of hydrogen-bond donors (Lipinski definition) is 1. The molecule has 11 heteroatoms. The number of amides is 1. The van der Waals surface area contributed by atoms with Gasteiger partial charge in [-0.15, -0.1) is 0 Å². The van der Waals surface area contributed by atoms with Gasteiger partial charge in [-0.05, 0) is 50.0 Å². The number of carbonyl (C=O) groups excluding carboxylic acids is 4. The maximum Gasteiger partial charge on any atom is 0.332 e. The largest absolute Gasteiger partial charge is 0.542 e. The molecule has 1 N–H and O–H groups in total. The molecule has 1 aliphatic heterocycles. The molecule has 1 saturated heterocycles. The summed E-state index contributed by atoms with van der Waals surface area (Å²) < 4.78 is 22.9. The summed E-state index contributed by atoms with van der Waals surface area (Å²) in [5.41, 5.74) is 0.754. The topological polar surface area (TPSA) is 130 Å². The van der Waals surface area contributed by atoms with Crippen molar-refractivity contribution in [2.75, 3.05) is 6.61 Å². The maximum atomic E-state index is 13.4. The molecule has 4 atom stereocenters. The molecular weight excluding hydrogens is 508 g/mol. The first-order valence-electron chi connectivity index (χ1n) is 13.0. The number of nitrogens with zero attached hydrogens (tertiary/aromatic N) is 1. The van der Waals surface area contributed by atoms with E-state index in [9.17, 15) is 19.2 Å². The number of hydrogen-bond acceptors (Lipinski definition) is 9. The molecule has 0 aliphatic carbocycles. The first-order valence-corrected chi connectivity index (χ1v) is 15.9. The fourth-order valence-electron chi connectivity index (χ4n) is 3.55. The lowest BCUT2D eigenvalue weighted by Crippen LogP contribution is -2.47. The van der Waals surface area contributed by atoms with Gasteiger partial charge in [0.2, 0.25) is 0 Å². The normalized spacial score (nSPS) is 22.9. The van der Waals surface area contributed by atoms with Crippen LogP contribution in [0.5, 0.6) is 5.75 Å². The first kappa shape index (κ1) is 31.3. The van der Waals surface area contributed by atoms with Crippen molar-refractivity contribution in [1.29, 1.82) is 0 Å². The Morgan fingerprint density at radius 3 is 2.39 bits per heavy atom. The van der Waals surface area contributed by atoms with Crippen molar-refractivity contribution in [1.82, 2.24) is 10.3 Å². The van der Waals surface area contributed by atoms with E-state index in [1.165, 1.54) is 6.20 Å². The Labute approximate surface area is 226 Å². The van der Waals surface area contributed by atoms with E-state index < -0.39 is 68.8 Å². The van der Waals surface area contributed by atoms with E-state index in [0.29, 0.717) is 12.2 Å². The van der Waals surface area contributed by atoms with E-state index in [0.717, 1.165) is 5.56 Å². The molecule has 1 aliphatic rings. The van der Waals surface area contributed by atoms with Crippen LogP contribution < -0.4 is 9.74 Å². The number of cyclic esters (lactones) is 2. The third-order valence-corrected chi connectivity index (χ3v) is 11.4. The molecule has 0 unspecified atom stereocenters. The second-order valence-corrected chi connectivity index (χ2v) is 16.3. The van der Waals surface area contributed by atoms with Gasteiger partial charge >= 0.3 is 17.9 Å². The maximum absolute atomic E-state index is 13.4. The monoisotopic (exact) mass is 550 g/mol. The van der Waals surface area contributed by atoms with Gasteiger partial charge in [0.15, 0.2) is 17.8 Å². The van der Waals surface area contributed by atoms with Crippen LogP contribution >= 0.6 is 0 Å². The van der Waals surface area contributed by atoms with E-state index in [4.69, 9.17) is 18.6 Å². The molecule has 0 saturated carbocycles. The summed E-state index contributed by atoms with van der Waals surface area (Å²) in [6, 6.07) is 0.453. The fraction of sp³-hybridized carbons (Fsp3) is 0.667. The third kappa shape index (κ3) is 7.33. The first-order chi connectivity index (χ1) is 17.5. The minimum Gasteiger partial charge on any atom is -0.542 e. The van der Waals surface area contributed by atoms with Crippen LogP contribution in [0.4, 0.5) is 0 Å². The number of carbonyl (C=O) groups is 4. The Morgan fingerprint density at radius 2 is 1.84 bits per heavy atom. The molecule has 212 valence electrons. The standard InChI is InChI=1S/C27H42N2O8Si/c1-11-18-22(36-24(31)15(2)3)17(5)35-26(33)19(14-34-25(18)32)29-23(30)20-21(16(4)12-13-28-20)37-38(9,10)27(6,7)8/h12-13,15,17-19,22H,11,14H2,1-10H3,(H,29,30)/t17-,18+,19-,22-/m0/s1. The predicted molar refractivity (Wildman–Crippen MR) is 143 cm³/mol. The number of aromatic nitrogens is 1. The van der Waals surface area contributed by atoms with E-state index in [2.05, 4.69) is 44.2 Å². The van der Waals surface area contributed by atoms with Gasteiger partial charge < -0.3 is 24.0 Å². The van der Waals surface area contributed by atoms with E-state index in [-0.39, 0.29) is 10.7 Å². The second kappa shape index (κ2) is 12.3. The van der Waals surface area contributed by atoms with Crippen molar-refractivity contribution < 1.29 is 37.8 Å². The molecule has 38 heavy (non-hydrogen) atoms. The van der Waals surface area contributed by atoms with Gasteiger partial charge in [0.05, 0.1) is 11.8 Å². The average molecular weight is 551 g/mol. The molecule has 0 aromatic carbocycles. The lowest BCUT2D eigenvalue weighted by Gasteiger charge is -2.37. The quantitative estimate of drug-likeness (QED) is 0.305. The average Bonchev–Trinajstić information content (AvgIpc) is 2.84. The Bertz CT molecular complexity index is 1050. The van der Waals surface area contributed by atoms with Gasteiger partial charge in [-0.3, -0.25) is 14.4 Å². The van der Waals surface area contributed by atoms with E-state index >= 15 is 0 Å². The summed E-state index contributed by atoms with van der Waals surface area (Å²) in [6.45, 7) is 18.4. The van der Waals surface area contributed by atoms with Crippen LogP contribution in [0.2, 0.25) is 18.1 Å². The van der Waals surface area contributed by atoms with Crippen LogP contribution in [0, 0.1) is 18.8 Å². The van der Waals surface area contributed by atoms with Crippen molar-refractivity contribution in [2.24, 2.45) is 11.8 Å². The summed E-state index contributed by atoms with van der Waals surface area (Å²) in [5.74, 6) is -3.57. The smallest absolute Gasteiger partial charge is 0.332 e. The minimum atomic E-state index is -2.32. The highest BCUT2D eigenvalue weighted by Gasteiger charge is 2.42. The third-order valence-electron chi connectivity index (χ3n) is 7.09. The lowest BCUT2D eigenvalue weighted by atomic mass is 9.95. The number of pyridine rings is 1. The van der Waals surface area contributed by atoms with E-state index in [1.54, 1.807) is 33.8 Å². The molecule has 1 amide bonds. The zero-order valence-electron chi connectivity index (χ0n) is 24.2. The molecule has 2 heterocycles. The Hall–Kier alpha value is -2.95. The molecule has 1 aromatic rings. The number of ether oxygens (including phenoxy) is 3. The van der Waals surface area contributed by atoms with Crippen LogP contribution in [-0.4, -0.2) is 62.0 Å². The summed E-state index contributed by atoms with van der Waals surface area (Å²) in [5, 5.41) is 2.47. The van der Waals surface area contributed by atoms with Crippen LogP contribution in [0.1, 0.15) is 70.9 Å². The molecule has 0 spiro atoms. The summed E-state index contributed by atoms with van der Waals surface area (Å²) in [6.07, 6.45) is -0.181. The Kier molecular flexibility index (Phi) is 10.1. The van der Waals surface area contributed by atoms with Crippen molar-refractivity contribution in [2.45, 2.75) is 98.2 Å². The van der Waals surface area contributed by atoms with Crippen molar-refractivity contribution in [3.05, 3.63) is 23.5 Å². The summed E-state index contributed by atoms with van der Waals surface area (Å²) >= 11 is 0. The fourth-order valence-corrected chi connectivity index (χ4v) is 4.63. The lowest BCUT2D eigenvalue weighted by molar-refractivity contribution is -0.176. The summed E-state index contributed by atoms with van der Waals surface area (Å²) in [4.78, 5) is 55.9. The van der Waals surface area contributed by atoms with Crippen LogP contribution in [-0.2, 0) is 28.6 Å². The SMILES string of the molecule is CC[C@H]1C(=O)OC[C@H](NC(=O)c2nccc(C)c2O[Si](C)(C)C(C)(C)C)C(=O)O[C@@H](C)[C@@H]1OC(=O)C(C)C. The Balaban J connectivity index is 2.33. The molecule has 10 nitrogen and oxygen atoms in total. The van der Waals surface area contributed by atoms with Crippen molar-refractivity contribution >= 4 is 32.1 Å². The molecule has 1 aromatic heterocycles. The van der Waals surface area contributed by atoms with Gasteiger partial charge in [0, 0.05) is 6.20 Å². The molecular formula is C27H42N2O8Si. The Morgan fingerprint density at radius 1 is 1.21 bits per heavy atom. The van der Waals surface area contributed by atoms with Crippen LogP contribution in [0.3, 0.4) is 0 Å². The molecule has 1 fully saturated rings. The highest BCUT2D eigenvalue weighted by atomic mass is 28.4. The highest BCUT2D eigenvalue weighted by molar-refractivity contribution is 6.74. The van der Waals surface area contributed by atoms with Crippen molar-refractivity contribution in [3.8, 4) is 5.75 Å². The zero-order chi connectivity index (χ0) is 29.0. The van der Waals surface area contributed by atoms with Gasteiger partial charge in [-0.25, -0.2) is 9.78 Å². The van der Waals surface area contributed by atoms with Crippen LogP contribution in [0.15, 0.2) is 12.3 Å². The van der Waals surface area contributed by atoms with Crippen molar-refractivity contribution in [3.63, 3.8) is 0 Å². The van der Waals surface area contributed by atoms with Gasteiger partial charge in [0.25, 0.3) is 14.2 Å². The number of aryl methyl sites for hydroxylation is 1. The minimum absolute atomic E-state index is 0.0250. The van der Waals surface area contributed by atoms with Gasteiger partial charge in [-0.1, -0.05) is 41.5 Å². The van der Waals surface area contributed by atoms with E-state index in [1.807, 2.05) is 6.92 Å². The highest BCUT2D eigenvalue weighted by Crippen LogP contribution is 2.39. The molecule has 0 bridgehead atoms. The zero-order valence-corrected chi connectivity index (χ0v) is 25.2. The number of rotatable bonds is 7. The van der Waals surface area contributed by atoms with Gasteiger partial charge in [0.1, 0.15) is 18.5 Å². The molecule has 2 rings (SSSR count).